The van der Waals surface area contributed by atoms with Gasteiger partial charge in [-0.15, -0.1) is 0 Å². The molecular weight excluding hydrogens is 172 g/mol. The van der Waals surface area contributed by atoms with E-state index in [1.54, 1.807) is 6.07 Å². The summed E-state index contributed by atoms with van der Waals surface area (Å²) in [4.78, 5) is 22.1. The molecule has 2 rings (SSSR count). The molecule has 68 valence electrons. The van der Waals surface area contributed by atoms with Crippen LogP contribution in [0.15, 0.2) is 16.7 Å². The van der Waals surface area contributed by atoms with E-state index in [9.17, 15) is 9.59 Å². The second-order valence-electron chi connectivity index (χ2n) is 3.07. The highest BCUT2D eigenvalue weighted by Gasteiger charge is 2.34. The van der Waals surface area contributed by atoms with E-state index in [1.807, 2.05) is 0 Å². The molecule has 0 bridgehead atoms. The molecule has 1 aromatic rings. The molecule has 0 radical (unpaired) electrons. The lowest BCUT2D eigenvalue weighted by molar-refractivity contribution is -0.140. The number of ketones is 1. The number of carboxylic acids is 1. The fourth-order valence-electron chi connectivity index (χ4n) is 1.57. The monoisotopic (exact) mass is 180 g/mol. The Bertz CT molecular complexity index is 363. The largest absolute Gasteiger partial charge is 0.481 e. The van der Waals surface area contributed by atoms with Crippen LogP contribution in [0, 0.1) is 5.92 Å². The molecule has 0 fully saturated rings. The Kier molecular flexibility index (Phi) is 1.69. The highest BCUT2D eigenvalue weighted by molar-refractivity contribution is 6.08. The van der Waals surface area contributed by atoms with E-state index in [4.69, 9.17) is 9.52 Å². The van der Waals surface area contributed by atoms with Crippen LogP contribution >= 0.6 is 0 Å². The van der Waals surface area contributed by atoms with Crippen molar-refractivity contribution >= 4 is 11.8 Å². The molecular formula is C9H8O4. The molecule has 0 aromatic carbocycles. The molecule has 0 saturated heterocycles. The van der Waals surface area contributed by atoms with Crippen LogP contribution in [0.25, 0.3) is 0 Å². The molecule has 0 spiro atoms. The number of Topliss-reactive ketones (excluding diaryl/α,β-unsaturated/α-hetero) is 1. The number of hydrogen-bond donors (Lipinski definition) is 1. The lowest BCUT2D eigenvalue weighted by Gasteiger charge is -2.15. The minimum absolute atomic E-state index is 0.221. The molecule has 1 aliphatic rings. The molecule has 4 nitrogen and oxygen atoms in total. The molecule has 13 heavy (non-hydrogen) atoms. The van der Waals surface area contributed by atoms with Crippen molar-refractivity contribution < 1.29 is 19.1 Å². The fraction of sp³-hybridized carbons (Fsp3) is 0.333. The molecule has 1 unspecified atom stereocenters. The van der Waals surface area contributed by atoms with Crippen LogP contribution in [0.2, 0.25) is 0 Å². The van der Waals surface area contributed by atoms with E-state index in [2.05, 4.69) is 0 Å². The van der Waals surface area contributed by atoms with Gasteiger partial charge in [-0.2, -0.15) is 0 Å². The first-order valence-corrected chi connectivity index (χ1v) is 4.03. The van der Waals surface area contributed by atoms with Crippen LogP contribution in [-0.2, 0) is 11.2 Å². The molecule has 1 heterocycles. The number of hydrogen-bond acceptors (Lipinski definition) is 3. The number of aliphatic carboxylic acids is 1. The van der Waals surface area contributed by atoms with E-state index in [0.717, 1.165) is 5.56 Å². The third-order valence-electron chi connectivity index (χ3n) is 2.29. The second-order valence-corrected chi connectivity index (χ2v) is 3.07. The molecule has 1 N–H and O–H groups in total. The number of furan rings is 1. The molecule has 0 aliphatic heterocycles. The number of carbonyl (C=O) groups excluding carboxylic acids is 1. The maximum absolute atomic E-state index is 11.4. The quantitative estimate of drug-likeness (QED) is 0.657. The van der Waals surface area contributed by atoms with E-state index >= 15 is 0 Å². The first-order valence-electron chi connectivity index (χ1n) is 4.03. The zero-order valence-electron chi connectivity index (χ0n) is 6.82. The molecule has 4 heteroatoms. The minimum Gasteiger partial charge on any atom is -0.481 e. The Morgan fingerprint density at radius 3 is 3.08 bits per heavy atom. The molecule has 1 atom stereocenters. The zero-order valence-corrected chi connectivity index (χ0v) is 6.82. The van der Waals surface area contributed by atoms with E-state index < -0.39 is 17.7 Å². The van der Waals surface area contributed by atoms with Gasteiger partial charge in [0, 0.05) is 5.56 Å². The van der Waals surface area contributed by atoms with Crippen LogP contribution < -0.4 is 0 Å². The summed E-state index contributed by atoms with van der Waals surface area (Å²) in [6.07, 6.45) is 2.40. The predicted molar refractivity (Wildman–Crippen MR) is 42.5 cm³/mol. The molecule has 0 saturated carbocycles. The van der Waals surface area contributed by atoms with E-state index in [0.29, 0.717) is 12.8 Å². The van der Waals surface area contributed by atoms with Gasteiger partial charge in [-0.1, -0.05) is 0 Å². The molecule has 1 aliphatic carbocycles. The lowest BCUT2D eigenvalue weighted by atomic mass is 9.87. The zero-order chi connectivity index (χ0) is 9.42. The summed E-state index contributed by atoms with van der Waals surface area (Å²) < 4.78 is 4.94. The normalized spacial score (nSPS) is 21.2. The van der Waals surface area contributed by atoms with Gasteiger partial charge in [0.05, 0.1) is 6.26 Å². The topological polar surface area (TPSA) is 67.5 Å². The second kappa shape index (κ2) is 2.73. The van der Waals surface area contributed by atoms with Crippen molar-refractivity contribution in [2.45, 2.75) is 12.8 Å². The third-order valence-corrected chi connectivity index (χ3v) is 2.29. The van der Waals surface area contributed by atoms with Gasteiger partial charge in [-0.3, -0.25) is 9.59 Å². The van der Waals surface area contributed by atoms with Crippen molar-refractivity contribution in [2.24, 2.45) is 5.92 Å². The Morgan fingerprint density at radius 1 is 1.62 bits per heavy atom. The van der Waals surface area contributed by atoms with Crippen molar-refractivity contribution in [3.63, 3.8) is 0 Å². The van der Waals surface area contributed by atoms with Gasteiger partial charge in [-0.25, -0.2) is 0 Å². The Hall–Kier alpha value is -1.58. The highest BCUT2D eigenvalue weighted by atomic mass is 16.4. The lowest BCUT2D eigenvalue weighted by Crippen LogP contribution is -2.28. The predicted octanol–water partition coefficient (Wildman–Crippen LogP) is 1.11. The Balaban J connectivity index is 2.38. The summed E-state index contributed by atoms with van der Waals surface area (Å²) >= 11 is 0. The van der Waals surface area contributed by atoms with E-state index in [-0.39, 0.29) is 5.76 Å². The number of carbonyl (C=O) groups is 2. The van der Waals surface area contributed by atoms with Crippen LogP contribution in [0.4, 0.5) is 0 Å². The Labute approximate surface area is 74.2 Å². The average molecular weight is 180 g/mol. The van der Waals surface area contributed by atoms with Gasteiger partial charge in [0.1, 0.15) is 5.92 Å². The van der Waals surface area contributed by atoms with Gasteiger partial charge in [0.15, 0.2) is 5.76 Å². The van der Waals surface area contributed by atoms with Crippen LogP contribution in [0.1, 0.15) is 22.5 Å². The third kappa shape index (κ3) is 1.14. The van der Waals surface area contributed by atoms with Crippen LogP contribution in [-0.4, -0.2) is 16.9 Å². The summed E-state index contributed by atoms with van der Waals surface area (Å²) in [6, 6.07) is 1.71. The number of rotatable bonds is 1. The summed E-state index contributed by atoms with van der Waals surface area (Å²) in [6.45, 7) is 0. The first kappa shape index (κ1) is 8.04. The smallest absolute Gasteiger partial charge is 0.314 e. The van der Waals surface area contributed by atoms with Gasteiger partial charge in [0.2, 0.25) is 5.78 Å². The van der Waals surface area contributed by atoms with Gasteiger partial charge < -0.3 is 9.52 Å². The Morgan fingerprint density at radius 2 is 2.38 bits per heavy atom. The summed E-state index contributed by atoms with van der Waals surface area (Å²) in [5.41, 5.74) is 0.822. The summed E-state index contributed by atoms with van der Waals surface area (Å²) in [7, 11) is 0. The van der Waals surface area contributed by atoms with Crippen molar-refractivity contribution in [1.29, 1.82) is 0 Å². The van der Waals surface area contributed by atoms with Crippen molar-refractivity contribution in [3.05, 3.63) is 23.7 Å². The summed E-state index contributed by atoms with van der Waals surface area (Å²) in [5.74, 6) is -2.16. The highest BCUT2D eigenvalue weighted by Crippen LogP contribution is 2.26. The fourth-order valence-corrected chi connectivity index (χ4v) is 1.57. The maximum atomic E-state index is 11.4. The molecule has 0 amide bonds. The SMILES string of the molecule is O=C(O)C1CCc2ccoc2C1=O. The number of fused-ring (bicyclic) bond motifs is 1. The average Bonchev–Trinajstić information content (AvgIpc) is 2.52. The van der Waals surface area contributed by atoms with Crippen LogP contribution in [0.3, 0.4) is 0 Å². The van der Waals surface area contributed by atoms with Gasteiger partial charge >= 0.3 is 5.97 Å². The van der Waals surface area contributed by atoms with Gasteiger partial charge in [0.25, 0.3) is 0 Å². The maximum Gasteiger partial charge on any atom is 0.314 e. The number of aryl methyl sites for hydroxylation is 1. The van der Waals surface area contributed by atoms with Crippen molar-refractivity contribution in [2.75, 3.05) is 0 Å². The minimum atomic E-state index is -1.06. The van der Waals surface area contributed by atoms with Crippen LogP contribution in [0.5, 0.6) is 0 Å². The van der Waals surface area contributed by atoms with Crippen molar-refractivity contribution in [1.82, 2.24) is 0 Å². The van der Waals surface area contributed by atoms with E-state index in [1.165, 1.54) is 6.26 Å². The van der Waals surface area contributed by atoms with Gasteiger partial charge in [-0.05, 0) is 18.9 Å². The first-order chi connectivity index (χ1) is 6.20. The van der Waals surface area contributed by atoms with Crippen molar-refractivity contribution in [3.8, 4) is 0 Å². The standard InChI is InChI=1S/C9H8O4/c10-7-6(9(11)12)2-1-5-3-4-13-8(5)7/h3-4,6H,1-2H2,(H,11,12). The number of carboxylic acid groups (broad SMARTS) is 1. The summed E-state index contributed by atoms with van der Waals surface area (Å²) in [5, 5.41) is 8.71. The molecule has 1 aromatic heterocycles.